The molecule has 2 aromatic heterocycles. The van der Waals surface area contributed by atoms with Crippen LogP contribution >= 0.6 is 0 Å². The lowest BCUT2D eigenvalue weighted by Crippen LogP contribution is -2.35. The Balaban J connectivity index is 1.82. The molecule has 0 saturated carbocycles. The topological polar surface area (TPSA) is 44.8 Å². The molecule has 1 fully saturated rings. The van der Waals surface area contributed by atoms with Crippen molar-refractivity contribution in [1.82, 2.24) is 15.0 Å². The number of H-pyrrole nitrogens is 1. The van der Waals surface area contributed by atoms with E-state index in [1.165, 1.54) is 12.8 Å². The average Bonchev–Trinajstić information content (AvgIpc) is 2.87. The molecule has 1 aliphatic heterocycles. The molecular formula is C14H20N4. The van der Waals surface area contributed by atoms with Crippen LogP contribution in [-0.4, -0.2) is 28.0 Å². The summed E-state index contributed by atoms with van der Waals surface area (Å²) in [5.41, 5.74) is 0.936. The van der Waals surface area contributed by atoms with Crippen LogP contribution in [0.1, 0.15) is 26.7 Å². The van der Waals surface area contributed by atoms with E-state index >= 15 is 0 Å². The second kappa shape index (κ2) is 4.59. The van der Waals surface area contributed by atoms with Crippen LogP contribution in [0.15, 0.2) is 18.6 Å². The molecule has 4 nitrogen and oxygen atoms in total. The van der Waals surface area contributed by atoms with Gasteiger partial charge in [-0.2, -0.15) is 0 Å². The van der Waals surface area contributed by atoms with E-state index in [-0.39, 0.29) is 0 Å². The van der Waals surface area contributed by atoms with E-state index in [4.69, 9.17) is 0 Å². The molecule has 0 unspecified atom stereocenters. The number of hydrogen-bond acceptors (Lipinski definition) is 3. The van der Waals surface area contributed by atoms with E-state index in [0.717, 1.165) is 41.8 Å². The second-order valence-corrected chi connectivity index (χ2v) is 5.51. The Morgan fingerprint density at radius 3 is 2.78 bits per heavy atom. The third-order valence-corrected chi connectivity index (χ3v) is 4.11. The first-order chi connectivity index (χ1) is 8.75. The van der Waals surface area contributed by atoms with E-state index in [0.29, 0.717) is 0 Å². The number of piperidine rings is 1. The number of nitrogens with zero attached hydrogens (tertiary/aromatic N) is 3. The zero-order valence-electron chi connectivity index (χ0n) is 11.1. The first-order valence-electron chi connectivity index (χ1n) is 6.78. The number of hydrogen-bond donors (Lipinski definition) is 1. The van der Waals surface area contributed by atoms with Gasteiger partial charge in [0.25, 0.3) is 0 Å². The maximum Gasteiger partial charge on any atom is 0.142 e. The van der Waals surface area contributed by atoms with Gasteiger partial charge in [0.2, 0.25) is 0 Å². The summed E-state index contributed by atoms with van der Waals surface area (Å²) in [6.07, 6.45) is 6.13. The minimum atomic E-state index is 0.796. The molecule has 18 heavy (non-hydrogen) atoms. The zero-order valence-corrected chi connectivity index (χ0v) is 11.1. The van der Waals surface area contributed by atoms with Crippen molar-refractivity contribution in [3.8, 4) is 0 Å². The number of rotatable bonds is 2. The van der Waals surface area contributed by atoms with Gasteiger partial charge in [0.05, 0.1) is 5.39 Å². The second-order valence-electron chi connectivity index (χ2n) is 5.51. The van der Waals surface area contributed by atoms with Crippen molar-refractivity contribution in [3.63, 3.8) is 0 Å². The fourth-order valence-corrected chi connectivity index (χ4v) is 2.89. The summed E-state index contributed by atoms with van der Waals surface area (Å²) in [6.45, 7) is 6.88. The van der Waals surface area contributed by atoms with E-state index < -0.39 is 0 Å². The minimum Gasteiger partial charge on any atom is -0.356 e. The van der Waals surface area contributed by atoms with Gasteiger partial charge in [-0.25, -0.2) is 9.97 Å². The molecule has 1 saturated heterocycles. The Morgan fingerprint density at radius 2 is 2.06 bits per heavy atom. The lowest BCUT2D eigenvalue weighted by molar-refractivity contribution is 0.311. The summed E-state index contributed by atoms with van der Waals surface area (Å²) in [4.78, 5) is 14.3. The quantitative estimate of drug-likeness (QED) is 0.883. The molecule has 1 aliphatic rings. The van der Waals surface area contributed by atoms with Crippen LogP contribution in [0.25, 0.3) is 11.0 Å². The van der Waals surface area contributed by atoms with Crippen molar-refractivity contribution < 1.29 is 0 Å². The molecule has 0 radical (unpaired) electrons. The van der Waals surface area contributed by atoms with Crippen LogP contribution in [0.2, 0.25) is 0 Å². The van der Waals surface area contributed by atoms with Gasteiger partial charge in [0, 0.05) is 19.3 Å². The summed E-state index contributed by atoms with van der Waals surface area (Å²) in [5, 5.41) is 1.14. The van der Waals surface area contributed by atoms with Crippen molar-refractivity contribution in [2.24, 2.45) is 11.8 Å². The first kappa shape index (κ1) is 11.5. The van der Waals surface area contributed by atoms with E-state index in [1.807, 2.05) is 6.20 Å². The first-order valence-corrected chi connectivity index (χ1v) is 6.78. The third-order valence-electron chi connectivity index (χ3n) is 4.11. The largest absolute Gasteiger partial charge is 0.356 e. The highest BCUT2D eigenvalue weighted by atomic mass is 15.2. The molecule has 0 spiro atoms. The summed E-state index contributed by atoms with van der Waals surface area (Å²) in [7, 11) is 0. The Morgan fingerprint density at radius 1 is 1.28 bits per heavy atom. The van der Waals surface area contributed by atoms with Gasteiger partial charge in [-0.05, 0) is 30.7 Å². The van der Waals surface area contributed by atoms with Gasteiger partial charge in [-0.1, -0.05) is 13.8 Å². The average molecular weight is 244 g/mol. The number of nitrogens with one attached hydrogen (secondary N) is 1. The maximum absolute atomic E-state index is 4.47. The minimum absolute atomic E-state index is 0.796. The van der Waals surface area contributed by atoms with Gasteiger partial charge < -0.3 is 9.88 Å². The van der Waals surface area contributed by atoms with Crippen molar-refractivity contribution in [3.05, 3.63) is 18.6 Å². The van der Waals surface area contributed by atoms with Crippen molar-refractivity contribution in [2.75, 3.05) is 18.0 Å². The highest BCUT2D eigenvalue weighted by Crippen LogP contribution is 2.29. The third kappa shape index (κ3) is 1.96. The number of aromatic amines is 1. The number of fused-ring (bicyclic) bond motifs is 1. The molecular weight excluding hydrogens is 224 g/mol. The van der Waals surface area contributed by atoms with E-state index in [1.54, 1.807) is 6.33 Å². The van der Waals surface area contributed by atoms with Gasteiger partial charge in [0.15, 0.2) is 0 Å². The van der Waals surface area contributed by atoms with Crippen LogP contribution < -0.4 is 4.90 Å². The summed E-state index contributed by atoms with van der Waals surface area (Å²) in [5.74, 6) is 2.75. The molecule has 96 valence electrons. The Bertz CT molecular complexity index is 523. The fraction of sp³-hybridized carbons (Fsp3) is 0.571. The molecule has 0 aromatic carbocycles. The Kier molecular flexibility index (Phi) is 2.94. The highest BCUT2D eigenvalue weighted by molar-refractivity contribution is 5.87. The zero-order chi connectivity index (χ0) is 12.5. The molecule has 3 heterocycles. The summed E-state index contributed by atoms with van der Waals surface area (Å²) >= 11 is 0. The number of anilines is 1. The molecule has 4 heteroatoms. The Labute approximate surface area is 107 Å². The monoisotopic (exact) mass is 244 g/mol. The van der Waals surface area contributed by atoms with Gasteiger partial charge in [-0.15, -0.1) is 0 Å². The van der Waals surface area contributed by atoms with Crippen LogP contribution in [0.5, 0.6) is 0 Å². The molecule has 0 atom stereocenters. The lowest BCUT2D eigenvalue weighted by atomic mass is 9.87. The molecule has 0 amide bonds. The van der Waals surface area contributed by atoms with Gasteiger partial charge >= 0.3 is 0 Å². The Hall–Kier alpha value is -1.58. The van der Waals surface area contributed by atoms with E-state index in [9.17, 15) is 0 Å². The van der Waals surface area contributed by atoms with Crippen LogP contribution in [0.4, 0.5) is 5.82 Å². The fourth-order valence-electron chi connectivity index (χ4n) is 2.89. The maximum atomic E-state index is 4.47. The predicted molar refractivity (Wildman–Crippen MR) is 73.7 cm³/mol. The normalized spacial score (nSPS) is 17.8. The molecule has 2 aromatic rings. The molecule has 3 rings (SSSR count). The smallest absolute Gasteiger partial charge is 0.142 e. The SMILES string of the molecule is CC(C)C1CCN(c2ncnc3[nH]ccc23)CC1. The van der Waals surface area contributed by atoms with Gasteiger partial charge in [-0.3, -0.25) is 0 Å². The van der Waals surface area contributed by atoms with E-state index in [2.05, 4.69) is 39.8 Å². The molecule has 0 aliphatic carbocycles. The van der Waals surface area contributed by atoms with Crippen LogP contribution in [-0.2, 0) is 0 Å². The van der Waals surface area contributed by atoms with Crippen LogP contribution in [0, 0.1) is 11.8 Å². The highest BCUT2D eigenvalue weighted by Gasteiger charge is 2.23. The van der Waals surface area contributed by atoms with Crippen molar-refractivity contribution >= 4 is 16.9 Å². The standard InChI is InChI=1S/C14H20N4/c1-10(2)11-4-7-18(8-5-11)14-12-3-6-15-13(12)16-9-17-14/h3,6,9-11H,4-5,7-8H2,1-2H3,(H,15,16,17). The summed E-state index contributed by atoms with van der Waals surface area (Å²) in [6, 6.07) is 2.07. The summed E-state index contributed by atoms with van der Waals surface area (Å²) < 4.78 is 0. The molecule has 0 bridgehead atoms. The molecule has 1 N–H and O–H groups in total. The van der Waals surface area contributed by atoms with Crippen molar-refractivity contribution in [2.45, 2.75) is 26.7 Å². The van der Waals surface area contributed by atoms with Crippen LogP contribution in [0.3, 0.4) is 0 Å². The van der Waals surface area contributed by atoms with Gasteiger partial charge in [0.1, 0.15) is 17.8 Å². The predicted octanol–water partition coefficient (Wildman–Crippen LogP) is 2.83. The lowest BCUT2D eigenvalue weighted by Gasteiger charge is -2.34. The number of aromatic nitrogens is 3. The van der Waals surface area contributed by atoms with Crippen molar-refractivity contribution in [1.29, 1.82) is 0 Å².